The fourth-order valence-electron chi connectivity index (χ4n) is 3.16. The van der Waals surface area contributed by atoms with Crippen LogP contribution in [0.3, 0.4) is 0 Å². The number of benzene rings is 2. The summed E-state index contributed by atoms with van der Waals surface area (Å²) in [6.45, 7) is 4.72. The Morgan fingerprint density at radius 1 is 1.10 bits per heavy atom. The van der Waals surface area contributed by atoms with E-state index in [1.807, 2.05) is 13.8 Å². The van der Waals surface area contributed by atoms with Gasteiger partial charge in [-0.2, -0.15) is 4.31 Å². The lowest BCUT2D eigenvalue weighted by molar-refractivity contribution is -0.136. The molecule has 0 amide bonds. The number of hydrogen-bond acceptors (Lipinski definition) is 4. The minimum absolute atomic E-state index is 0.0259. The molecule has 7 heteroatoms. The smallest absolute Gasteiger partial charge is 0.307 e. The molecule has 0 aliphatic heterocycles. The number of aliphatic carboxylic acids is 1. The first-order chi connectivity index (χ1) is 13.8. The van der Waals surface area contributed by atoms with Crippen LogP contribution in [0.5, 0.6) is 5.75 Å². The van der Waals surface area contributed by atoms with Crippen LogP contribution in [0.2, 0.25) is 0 Å². The van der Waals surface area contributed by atoms with Gasteiger partial charge < -0.3 is 9.84 Å². The zero-order chi connectivity index (χ0) is 21.3. The Balaban J connectivity index is 1.97. The highest BCUT2D eigenvalue weighted by Gasteiger charge is 2.28. The van der Waals surface area contributed by atoms with Crippen LogP contribution in [0.1, 0.15) is 38.7 Å². The van der Waals surface area contributed by atoms with E-state index < -0.39 is 16.0 Å². The number of rotatable bonds is 12. The Bertz CT molecular complexity index is 866. The fourth-order valence-corrected chi connectivity index (χ4v) is 4.88. The predicted octanol–water partition coefficient (Wildman–Crippen LogP) is 3.96. The Hall–Kier alpha value is -2.38. The van der Waals surface area contributed by atoms with Gasteiger partial charge in [0, 0.05) is 12.6 Å². The van der Waals surface area contributed by atoms with Gasteiger partial charge in [-0.25, -0.2) is 8.42 Å². The molecule has 158 valence electrons. The number of nitrogens with zero attached hydrogens (tertiary/aromatic N) is 1. The minimum Gasteiger partial charge on any atom is -0.494 e. The first kappa shape index (κ1) is 22.9. The number of ether oxygens (including phenoxy) is 1. The van der Waals surface area contributed by atoms with Crippen LogP contribution >= 0.6 is 0 Å². The minimum atomic E-state index is -3.56. The maximum Gasteiger partial charge on any atom is 0.307 e. The first-order valence-electron chi connectivity index (χ1n) is 9.85. The molecule has 0 bridgehead atoms. The molecule has 1 N–H and O–H groups in total. The summed E-state index contributed by atoms with van der Waals surface area (Å²) in [6.07, 6.45) is 2.22. The highest BCUT2D eigenvalue weighted by molar-refractivity contribution is 7.89. The highest BCUT2D eigenvalue weighted by Crippen LogP contribution is 2.21. The molecule has 0 radical (unpaired) electrons. The Labute approximate surface area is 173 Å². The zero-order valence-corrected chi connectivity index (χ0v) is 17.8. The molecule has 29 heavy (non-hydrogen) atoms. The van der Waals surface area contributed by atoms with Crippen molar-refractivity contribution in [3.05, 3.63) is 60.2 Å². The van der Waals surface area contributed by atoms with Crippen molar-refractivity contribution in [3.8, 4) is 5.75 Å². The van der Waals surface area contributed by atoms with Gasteiger partial charge in [-0.1, -0.05) is 43.7 Å². The van der Waals surface area contributed by atoms with Gasteiger partial charge in [-0.05, 0) is 49.6 Å². The number of hydrogen-bond donors (Lipinski definition) is 1. The summed E-state index contributed by atoms with van der Waals surface area (Å²) in [5.74, 6) is -0.238. The summed E-state index contributed by atoms with van der Waals surface area (Å²) in [5, 5.41) is 8.81. The zero-order valence-electron chi connectivity index (χ0n) is 17.0. The molecule has 1 atom stereocenters. The van der Waals surface area contributed by atoms with Crippen LogP contribution in [0, 0.1) is 0 Å². The van der Waals surface area contributed by atoms with Gasteiger partial charge in [-0.15, -0.1) is 0 Å². The third-order valence-corrected chi connectivity index (χ3v) is 6.65. The molecular weight excluding hydrogens is 390 g/mol. The van der Waals surface area contributed by atoms with Crippen LogP contribution < -0.4 is 4.74 Å². The molecular formula is C22H29NO5S. The molecule has 0 aliphatic carbocycles. The Kier molecular flexibility index (Phi) is 8.67. The molecule has 0 saturated carbocycles. The summed E-state index contributed by atoms with van der Waals surface area (Å²) in [6, 6.07) is 15.3. The average molecular weight is 420 g/mol. The molecule has 0 fully saturated rings. The first-order valence-corrected chi connectivity index (χ1v) is 11.3. The largest absolute Gasteiger partial charge is 0.494 e. The number of carboxylic acids is 1. The van der Waals surface area contributed by atoms with Crippen LogP contribution in [0.25, 0.3) is 0 Å². The van der Waals surface area contributed by atoms with E-state index in [1.54, 1.807) is 58.9 Å². The average Bonchev–Trinajstić information content (AvgIpc) is 2.69. The molecule has 0 spiro atoms. The van der Waals surface area contributed by atoms with E-state index in [0.29, 0.717) is 35.8 Å². The number of carboxylic acid groups (broad SMARTS) is 1. The molecule has 0 aliphatic rings. The standard InChI is InChI=1S/C22H29NO5S/c1-3-8-18(2)23(29(26,27)21-9-5-4-6-10-21)15-7-16-28-20-13-11-19(12-14-20)17-22(24)25/h4-6,9-14,18H,3,7-8,15-17H2,1-2H3,(H,24,25). The lowest BCUT2D eigenvalue weighted by atomic mass is 10.1. The van der Waals surface area contributed by atoms with E-state index in [4.69, 9.17) is 9.84 Å². The summed E-state index contributed by atoms with van der Waals surface area (Å²) >= 11 is 0. The quantitative estimate of drug-likeness (QED) is 0.527. The number of carbonyl (C=O) groups is 1. The highest BCUT2D eigenvalue weighted by atomic mass is 32.2. The fraction of sp³-hybridized carbons (Fsp3) is 0.409. The second-order valence-electron chi connectivity index (χ2n) is 6.98. The van der Waals surface area contributed by atoms with E-state index in [0.717, 1.165) is 12.8 Å². The van der Waals surface area contributed by atoms with Crippen molar-refractivity contribution >= 4 is 16.0 Å². The second kappa shape index (κ2) is 11.0. The Morgan fingerprint density at radius 3 is 2.34 bits per heavy atom. The van der Waals surface area contributed by atoms with Gasteiger partial charge in [0.2, 0.25) is 10.0 Å². The van der Waals surface area contributed by atoms with Crippen LogP contribution in [0.4, 0.5) is 0 Å². The summed E-state index contributed by atoms with van der Waals surface area (Å²) in [5.41, 5.74) is 0.707. The van der Waals surface area contributed by atoms with Crippen molar-refractivity contribution in [1.29, 1.82) is 0 Å². The van der Waals surface area contributed by atoms with Crippen LogP contribution in [-0.2, 0) is 21.2 Å². The SMILES string of the molecule is CCCC(C)N(CCCOc1ccc(CC(=O)O)cc1)S(=O)(=O)c1ccccc1. The van der Waals surface area contributed by atoms with Gasteiger partial charge in [-0.3, -0.25) is 4.79 Å². The predicted molar refractivity (Wildman–Crippen MR) is 113 cm³/mol. The topological polar surface area (TPSA) is 83.9 Å². The Morgan fingerprint density at radius 2 is 1.76 bits per heavy atom. The third kappa shape index (κ3) is 6.87. The van der Waals surface area contributed by atoms with Crippen molar-refractivity contribution in [2.75, 3.05) is 13.2 Å². The van der Waals surface area contributed by atoms with E-state index in [2.05, 4.69) is 0 Å². The second-order valence-corrected chi connectivity index (χ2v) is 8.87. The van der Waals surface area contributed by atoms with Gasteiger partial charge >= 0.3 is 5.97 Å². The molecule has 0 saturated heterocycles. The molecule has 2 aromatic carbocycles. The van der Waals surface area contributed by atoms with Crippen molar-refractivity contribution in [2.45, 2.75) is 50.5 Å². The van der Waals surface area contributed by atoms with Crippen molar-refractivity contribution in [2.24, 2.45) is 0 Å². The summed E-state index contributed by atoms with van der Waals surface area (Å²) in [7, 11) is -3.56. The van der Waals surface area contributed by atoms with E-state index in [-0.39, 0.29) is 12.5 Å². The van der Waals surface area contributed by atoms with Gasteiger partial charge in [0.15, 0.2) is 0 Å². The van der Waals surface area contributed by atoms with Crippen LogP contribution in [0.15, 0.2) is 59.5 Å². The normalized spacial score (nSPS) is 12.7. The molecule has 2 rings (SSSR count). The van der Waals surface area contributed by atoms with Gasteiger partial charge in [0.05, 0.1) is 17.9 Å². The lowest BCUT2D eigenvalue weighted by Gasteiger charge is -2.28. The maximum absolute atomic E-state index is 13.1. The van der Waals surface area contributed by atoms with Gasteiger partial charge in [0.1, 0.15) is 5.75 Å². The lowest BCUT2D eigenvalue weighted by Crippen LogP contribution is -2.39. The maximum atomic E-state index is 13.1. The molecule has 0 heterocycles. The summed E-state index contributed by atoms with van der Waals surface area (Å²) < 4.78 is 33.4. The van der Waals surface area contributed by atoms with E-state index in [1.165, 1.54) is 0 Å². The monoisotopic (exact) mass is 419 g/mol. The van der Waals surface area contributed by atoms with E-state index >= 15 is 0 Å². The summed E-state index contributed by atoms with van der Waals surface area (Å²) in [4.78, 5) is 11.0. The molecule has 6 nitrogen and oxygen atoms in total. The third-order valence-electron chi connectivity index (χ3n) is 4.62. The number of sulfonamides is 1. The molecule has 2 aromatic rings. The van der Waals surface area contributed by atoms with Crippen molar-refractivity contribution < 1.29 is 23.1 Å². The molecule has 1 unspecified atom stereocenters. The van der Waals surface area contributed by atoms with Crippen LogP contribution in [-0.4, -0.2) is 43.0 Å². The van der Waals surface area contributed by atoms with E-state index in [9.17, 15) is 13.2 Å². The molecule has 0 aromatic heterocycles. The van der Waals surface area contributed by atoms with Crippen molar-refractivity contribution in [3.63, 3.8) is 0 Å². The van der Waals surface area contributed by atoms with Gasteiger partial charge in [0.25, 0.3) is 0 Å². The van der Waals surface area contributed by atoms with Crippen molar-refractivity contribution in [1.82, 2.24) is 4.31 Å².